The molecule has 0 radical (unpaired) electrons. The lowest BCUT2D eigenvalue weighted by molar-refractivity contribution is -0.146. The van der Waals surface area contributed by atoms with Crippen LogP contribution >= 0.6 is 0 Å². The molecule has 0 spiro atoms. The van der Waals surface area contributed by atoms with Crippen LogP contribution in [0.4, 0.5) is 0 Å². The van der Waals surface area contributed by atoms with Gasteiger partial charge in [-0.2, -0.15) is 0 Å². The molecule has 0 heterocycles. The van der Waals surface area contributed by atoms with Gasteiger partial charge in [-0.3, -0.25) is 14.4 Å². The Morgan fingerprint density at radius 2 is 1.90 bits per heavy atom. The van der Waals surface area contributed by atoms with Crippen molar-refractivity contribution in [1.82, 2.24) is 5.32 Å². The van der Waals surface area contributed by atoms with Gasteiger partial charge in [-0.15, -0.1) is 0 Å². The summed E-state index contributed by atoms with van der Waals surface area (Å²) in [5, 5.41) is 2.47. The third-order valence-electron chi connectivity index (χ3n) is 2.89. The Kier molecular flexibility index (Phi) is 6.94. The number of hydrogen-bond acceptors (Lipinski definition) is 4. The maximum absolute atomic E-state index is 11.5. The number of hydrogen-bond donors (Lipinski definition) is 2. The van der Waals surface area contributed by atoms with Crippen LogP contribution in [0.2, 0.25) is 0 Å². The first kappa shape index (κ1) is 16.7. The van der Waals surface area contributed by atoms with Gasteiger partial charge in [-0.25, -0.2) is 0 Å². The topological polar surface area (TPSA) is 98.5 Å². The largest absolute Gasteiger partial charge is 0.456 e. The molecular weight excluding hydrogens is 272 g/mol. The van der Waals surface area contributed by atoms with E-state index < -0.39 is 30.4 Å². The molecule has 6 nitrogen and oxygen atoms in total. The van der Waals surface area contributed by atoms with E-state index in [-0.39, 0.29) is 0 Å². The fourth-order valence-corrected chi connectivity index (χ4v) is 1.84. The summed E-state index contributed by atoms with van der Waals surface area (Å²) in [4.78, 5) is 33.4. The van der Waals surface area contributed by atoms with Crippen molar-refractivity contribution in [2.45, 2.75) is 32.2 Å². The number of benzene rings is 1. The quantitative estimate of drug-likeness (QED) is 0.683. The van der Waals surface area contributed by atoms with E-state index >= 15 is 0 Å². The van der Waals surface area contributed by atoms with Crippen LogP contribution in [0.1, 0.15) is 25.3 Å². The molecule has 1 rings (SSSR count). The van der Waals surface area contributed by atoms with Gasteiger partial charge < -0.3 is 15.8 Å². The third kappa shape index (κ3) is 7.10. The molecule has 6 heteroatoms. The SMILES string of the molecule is CC(=O)OCC(=O)N[C@@H](CCCc1ccccc1)C(N)=O. The van der Waals surface area contributed by atoms with Crippen molar-refractivity contribution in [2.75, 3.05) is 6.61 Å². The van der Waals surface area contributed by atoms with Crippen LogP contribution < -0.4 is 11.1 Å². The molecule has 0 fully saturated rings. The van der Waals surface area contributed by atoms with Gasteiger partial charge in [-0.1, -0.05) is 30.3 Å². The number of primary amides is 1. The Morgan fingerprint density at radius 3 is 2.48 bits per heavy atom. The smallest absolute Gasteiger partial charge is 0.303 e. The van der Waals surface area contributed by atoms with Crippen molar-refractivity contribution in [3.63, 3.8) is 0 Å². The number of nitrogens with one attached hydrogen (secondary N) is 1. The highest BCUT2D eigenvalue weighted by Crippen LogP contribution is 2.06. The lowest BCUT2D eigenvalue weighted by Crippen LogP contribution is -2.45. The predicted molar refractivity (Wildman–Crippen MR) is 77.1 cm³/mol. The standard InChI is InChI=1S/C15H20N2O4/c1-11(18)21-10-14(19)17-13(15(16)20)9-5-8-12-6-3-2-4-7-12/h2-4,6-7,13H,5,8-10H2,1H3,(H2,16,20)(H,17,19)/t13-/m0/s1. The van der Waals surface area contributed by atoms with E-state index in [4.69, 9.17) is 5.73 Å². The minimum atomic E-state index is -0.753. The first-order valence-corrected chi connectivity index (χ1v) is 6.75. The van der Waals surface area contributed by atoms with Crippen molar-refractivity contribution >= 4 is 17.8 Å². The Bertz CT molecular complexity index is 488. The number of carbonyl (C=O) groups is 3. The number of esters is 1. The molecule has 0 unspecified atom stereocenters. The number of nitrogens with two attached hydrogens (primary N) is 1. The van der Waals surface area contributed by atoms with Crippen molar-refractivity contribution in [3.05, 3.63) is 35.9 Å². The van der Waals surface area contributed by atoms with Gasteiger partial charge in [0.2, 0.25) is 5.91 Å². The van der Waals surface area contributed by atoms with E-state index in [0.29, 0.717) is 12.8 Å². The van der Waals surface area contributed by atoms with Crippen molar-refractivity contribution in [2.24, 2.45) is 5.73 Å². The molecule has 0 aliphatic rings. The van der Waals surface area contributed by atoms with E-state index in [9.17, 15) is 14.4 Å². The molecule has 0 aliphatic carbocycles. The second-order valence-corrected chi connectivity index (χ2v) is 4.68. The van der Waals surface area contributed by atoms with Crippen LogP contribution in [-0.2, 0) is 25.5 Å². The average Bonchev–Trinajstić information content (AvgIpc) is 2.45. The summed E-state index contributed by atoms with van der Waals surface area (Å²) in [7, 11) is 0. The molecule has 1 aromatic carbocycles. The Labute approximate surface area is 123 Å². The number of ether oxygens (including phenoxy) is 1. The molecule has 0 aliphatic heterocycles. The zero-order chi connectivity index (χ0) is 15.7. The molecule has 1 atom stereocenters. The van der Waals surface area contributed by atoms with E-state index in [1.54, 1.807) is 0 Å². The summed E-state index contributed by atoms with van der Waals surface area (Å²) in [5.41, 5.74) is 6.42. The molecular formula is C15H20N2O4. The van der Waals surface area contributed by atoms with E-state index in [1.807, 2.05) is 30.3 Å². The number of rotatable bonds is 8. The average molecular weight is 292 g/mol. The maximum atomic E-state index is 11.5. The molecule has 21 heavy (non-hydrogen) atoms. The summed E-state index contributed by atoms with van der Waals surface area (Å²) < 4.78 is 4.55. The Morgan fingerprint density at radius 1 is 1.24 bits per heavy atom. The van der Waals surface area contributed by atoms with Gasteiger partial charge in [-0.05, 0) is 24.8 Å². The molecule has 0 saturated heterocycles. The molecule has 0 bridgehead atoms. The highest BCUT2D eigenvalue weighted by atomic mass is 16.5. The van der Waals surface area contributed by atoms with Gasteiger partial charge in [0.1, 0.15) is 6.04 Å². The third-order valence-corrected chi connectivity index (χ3v) is 2.89. The van der Waals surface area contributed by atoms with Gasteiger partial charge in [0, 0.05) is 6.92 Å². The van der Waals surface area contributed by atoms with Crippen molar-refractivity contribution in [1.29, 1.82) is 0 Å². The molecule has 0 saturated carbocycles. The first-order chi connectivity index (χ1) is 9.99. The maximum Gasteiger partial charge on any atom is 0.303 e. The first-order valence-electron chi connectivity index (χ1n) is 6.75. The van der Waals surface area contributed by atoms with Gasteiger partial charge in [0.15, 0.2) is 6.61 Å². The number of carbonyl (C=O) groups excluding carboxylic acids is 3. The van der Waals surface area contributed by atoms with Crippen LogP contribution in [0.25, 0.3) is 0 Å². The van der Waals surface area contributed by atoms with Crippen LogP contribution in [0.5, 0.6) is 0 Å². The lowest BCUT2D eigenvalue weighted by Gasteiger charge is -2.15. The van der Waals surface area contributed by atoms with E-state index in [1.165, 1.54) is 6.92 Å². The highest BCUT2D eigenvalue weighted by Gasteiger charge is 2.18. The number of aryl methyl sites for hydroxylation is 1. The van der Waals surface area contributed by atoms with Crippen LogP contribution in [0.3, 0.4) is 0 Å². The fraction of sp³-hybridized carbons (Fsp3) is 0.400. The summed E-state index contributed by atoms with van der Waals surface area (Å²) in [5.74, 6) is -1.68. The summed E-state index contributed by atoms with van der Waals surface area (Å²) in [6.45, 7) is 0.802. The molecule has 2 amide bonds. The van der Waals surface area contributed by atoms with Gasteiger partial charge in [0.25, 0.3) is 5.91 Å². The zero-order valence-corrected chi connectivity index (χ0v) is 12.0. The minimum absolute atomic E-state index is 0.405. The molecule has 3 N–H and O–H groups in total. The second-order valence-electron chi connectivity index (χ2n) is 4.68. The zero-order valence-electron chi connectivity index (χ0n) is 12.0. The van der Waals surface area contributed by atoms with E-state index in [2.05, 4.69) is 10.1 Å². The summed E-state index contributed by atoms with van der Waals surface area (Å²) in [6.07, 6.45) is 1.95. The van der Waals surface area contributed by atoms with E-state index in [0.717, 1.165) is 12.0 Å². The normalized spacial score (nSPS) is 11.5. The molecule has 114 valence electrons. The van der Waals surface area contributed by atoms with Gasteiger partial charge in [0.05, 0.1) is 0 Å². The monoisotopic (exact) mass is 292 g/mol. The van der Waals surface area contributed by atoms with Crippen LogP contribution in [0.15, 0.2) is 30.3 Å². The van der Waals surface area contributed by atoms with Crippen LogP contribution in [-0.4, -0.2) is 30.4 Å². The minimum Gasteiger partial charge on any atom is -0.456 e. The number of amides is 2. The Balaban J connectivity index is 2.38. The highest BCUT2D eigenvalue weighted by molar-refractivity contribution is 5.87. The van der Waals surface area contributed by atoms with Crippen molar-refractivity contribution in [3.8, 4) is 0 Å². The molecule has 1 aromatic rings. The Hall–Kier alpha value is -2.37. The predicted octanol–water partition coefficient (Wildman–Crippen LogP) is 0.542. The summed E-state index contributed by atoms with van der Waals surface area (Å²) >= 11 is 0. The lowest BCUT2D eigenvalue weighted by atomic mass is 10.0. The van der Waals surface area contributed by atoms with Crippen molar-refractivity contribution < 1.29 is 19.1 Å². The van der Waals surface area contributed by atoms with Crippen LogP contribution in [0, 0.1) is 0 Å². The van der Waals surface area contributed by atoms with Gasteiger partial charge >= 0.3 is 5.97 Å². The molecule has 0 aromatic heterocycles. The summed E-state index contributed by atoms with van der Waals surface area (Å²) in [6, 6.07) is 9.07. The fourth-order valence-electron chi connectivity index (χ4n) is 1.84. The second kappa shape index (κ2) is 8.73.